The highest BCUT2D eigenvalue weighted by molar-refractivity contribution is 7.98. The zero-order chi connectivity index (χ0) is 19.0. The summed E-state index contributed by atoms with van der Waals surface area (Å²) in [5, 5.41) is 0. The Kier molecular flexibility index (Phi) is 5.26. The summed E-state index contributed by atoms with van der Waals surface area (Å²) in [5.74, 6) is 0.157. The van der Waals surface area contributed by atoms with Gasteiger partial charge >= 0.3 is 0 Å². The predicted molar refractivity (Wildman–Crippen MR) is 104 cm³/mol. The van der Waals surface area contributed by atoms with Crippen LogP contribution >= 0.6 is 11.8 Å². The van der Waals surface area contributed by atoms with E-state index in [0.717, 1.165) is 32.1 Å². The van der Waals surface area contributed by atoms with E-state index < -0.39 is 0 Å². The lowest BCUT2D eigenvalue weighted by molar-refractivity contribution is -0.144. The number of imide groups is 1. The first-order valence-electron chi connectivity index (χ1n) is 9.86. The SMILES string of the molecule is CSc1ccc(CCC(=O)N2C3CCC2CC(N2C(=O)CCC2=O)C3)cc1. The fourth-order valence-corrected chi connectivity index (χ4v) is 5.35. The Labute approximate surface area is 164 Å². The van der Waals surface area contributed by atoms with E-state index in [4.69, 9.17) is 0 Å². The molecule has 0 saturated carbocycles. The first-order valence-corrected chi connectivity index (χ1v) is 11.1. The third-order valence-electron chi connectivity index (χ3n) is 6.24. The normalized spacial score (nSPS) is 27.5. The van der Waals surface area contributed by atoms with Crippen LogP contribution in [0.4, 0.5) is 0 Å². The Morgan fingerprint density at radius 1 is 1.00 bits per heavy atom. The molecule has 2 atom stereocenters. The standard InChI is InChI=1S/C21H26N2O3S/c1-27-18-7-2-14(3-8-18)4-9-19(24)22-15-5-6-16(22)13-17(12-15)23-20(25)10-11-21(23)26/h2-3,7-8,15-17H,4-6,9-13H2,1H3. The fourth-order valence-electron chi connectivity index (χ4n) is 4.94. The molecule has 3 aliphatic heterocycles. The zero-order valence-corrected chi connectivity index (χ0v) is 16.5. The number of rotatable bonds is 5. The van der Waals surface area contributed by atoms with E-state index in [1.807, 2.05) is 0 Å². The Balaban J connectivity index is 1.36. The molecule has 0 radical (unpaired) electrons. The summed E-state index contributed by atoms with van der Waals surface area (Å²) < 4.78 is 0. The van der Waals surface area contributed by atoms with Gasteiger partial charge in [-0.3, -0.25) is 19.3 Å². The van der Waals surface area contributed by atoms with Gasteiger partial charge in [-0.2, -0.15) is 0 Å². The molecule has 1 aromatic carbocycles. The largest absolute Gasteiger partial charge is 0.337 e. The molecule has 3 heterocycles. The van der Waals surface area contributed by atoms with Crippen LogP contribution in [0.25, 0.3) is 0 Å². The van der Waals surface area contributed by atoms with Crippen LogP contribution in [0, 0.1) is 0 Å². The van der Waals surface area contributed by atoms with Crippen LogP contribution in [0.15, 0.2) is 29.2 Å². The van der Waals surface area contributed by atoms with Crippen molar-refractivity contribution in [3.8, 4) is 0 Å². The van der Waals surface area contributed by atoms with Crippen molar-refractivity contribution in [1.82, 2.24) is 9.80 Å². The number of carbonyl (C=O) groups is 3. The zero-order valence-electron chi connectivity index (χ0n) is 15.7. The second kappa shape index (κ2) is 7.66. The number of piperidine rings is 1. The van der Waals surface area contributed by atoms with E-state index in [9.17, 15) is 14.4 Å². The van der Waals surface area contributed by atoms with Crippen LogP contribution in [0.5, 0.6) is 0 Å². The number of fused-ring (bicyclic) bond motifs is 2. The van der Waals surface area contributed by atoms with Crippen LogP contribution in [0.1, 0.15) is 50.5 Å². The topological polar surface area (TPSA) is 57.7 Å². The molecule has 2 bridgehead atoms. The molecule has 4 rings (SSSR count). The minimum atomic E-state index is -0.0298. The number of amides is 3. The van der Waals surface area contributed by atoms with Crippen molar-refractivity contribution in [2.24, 2.45) is 0 Å². The number of aryl methyl sites for hydroxylation is 1. The molecule has 5 nitrogen and oxygen atoms in total. The smallest absolute Gasteiger partial charge is 0.229 e. The van der Waals surface area contributed by atoms with Gasteiger partial charge in [-0.15, -0.1) is 11.8 Å². The van der Waals surface area contributed by atoms with Crippen LogP contribution in [-0.4, -0.2) is 51.9 Å². The lowest BCUT2D eigenvalue weighted by Gasteiger charge is -2.41. The molecule has 3 amide bonds. The summed E-state index contributed by atoms with van der Waals surface area (Å²) in [4.78, 5) is 41.8. The Morgan fingerprint density at radius 2 is 1.59 bits per heavy atom. The average Bonchev–Trinajstić information content (AvgIpc) is 3.15. The van der Waals surface area contributed by atoms with E-state index in [1.165, 1.54) is 15.4 Å². The maximum absolute atomic E-state index is 12.9. The highest BCUT2D eigenvalue weighted by atomic mass is 32.2. The number of thioether (sulfide) groups is 1. The van der Waals surface area contributed by atoms with Crippen molar-refractivity contribution in [2.75, 3.05) is 6.26 Å². The molecule has 3 fully saturated rings. The van der Waals surface area contributed by atoms with Gasteiger partial charge in [-0.1, -0.05) is 12.1 Å². The molecular formula is C21H26N2O3S. The van der Waals surface area contributed by atoms with Gasteiger partial charge in [0.1, 0.15) is 0 Å². The summed E-state index contributed by atoms with van der Waals surface area (Å²) in [6, 6.07) is 8.76. The van der Waals surface area contributed by atoms with Crippen LogP contribution in [-0.2, 0) is 20.8 Å². The van der Waals surface area contributed by atoms with Crippen molar-refractivity contribution in [1.29, 1.82) is 0 Å². The second-order valence-electron chi connectivity index (χ2n) is 7.82. The Morgan fingerprint density at radius 3 is 2.15 bits per heavy atom. The molecule has 0 spiro atoms. The van der Waals surface area contributed by atoms with Crippen LogP contribution < -0.4 is 0 Å². The maximum atomic E-state index is 12.9. The summed E-state index contributed by atoms with van der Waals surface area (Å²) >= 11 is 1.72. The van der Waals surface area contributed by atoms with Gasteiger partial charge in [-0.05, 0) is 56.1 Å². The summed E-state index contributed by atoms with van der Waals surface area (Å²) in [5.41, 5.74) is 1.19. The number of hydrogen-bond donors (Lipinski definition) is 0. The summed E-state index contributed by atoms with van der Waals surface area (Å²) in [6.45, 7) is 0. The molecule has 3 saturated heterocycles. The monoisotopic (exact) mass is 386 g/mol. The Hall–Kier alpha value is -1.82. The molecule has 1 aromatic rings. The van der Waals surface area contributed by atoms with Gasteiger partial charge in [0.15, 0.2) is 0 Å². The van der Waals surface area contributed by atoms with Crippen molar-refractivity contribution < 1.29 is 14.4 Å². The molecule has 3 aliphatic rings. The molecule has 6 heteroatoms. The maximum Gasteiger partial charge on any atom is 0.229 e. The number of benzene rings is 1. The second-order valence-corrected chi connectivity index (χ2v) is 8.70. The van der Waals surface area contributed by atoms with Crippen molar-refractivity contribution in [2.45, 2.75) is 74.4 Å². The average molecular weight is 387 g/mol. The lowest BCUT2D eigenvalue weighted by atomic mass is 9.95. The molecule has 144 valence electrons. The molecule has 0 N–H and O–H groups in total. The highest BCUT2D eigenvalue weighted by Crippen LogP contribution is 2.39. The van der Waals surface area contributed by atoms with Crippen molar-refractivity contribution in [3.05, 3.63) is 29.8 Å². The van der Waals surface area contributed by atoms with Crippen LogP contribution in [0.3, 0.4) is 0 Å². The highest BCUT2D eigenvalue weighted by Gasteiger charge is 2.47. The lowest BCUT2D eigenvalue weighted by Crippen LogP contribution is -2.53. The molecule has 0 aliphatic carbocycles. The number of hydrogen-bond acceptors (Lipinski definition) is 4. The first kappa shape index (κ1) is 18.5. The van der Waals surface area contributed by atoms with Gasteiger partial charge in [0, 0.05) is 42.3 Å². The van der Waals surface area contributed by atoms with Crippen LogP contribution in [0.2, 0.25) is 0 Å². The van der Waals surface area contributed by atoms with Crippen molar-refractivity contribution in [3.63, 3.8) is 0 Å². The summed E-state index contributed by atoms with van der Waals surface area (Å²) in [6.07, 6.45) is 7.53. The molecule has 2 unspecified atom stereocenters. The number of nitrogens with zero attached hydrogens (tertiary/aromatic N) is 2. The third-order valence-corrected chi connectivity index (χ3v) is 6.98. The van der Waals surface area contributed by atoms with Crippen molar-refractivity contribution >= 4 is 29.5 Å². The fraction of sp³-hybridized carbons (Fsp3) is 0.571. The van der Waals surface area contributed by atoms with E-state index in [1.54, 1.807) is 11.8 Å². The summed E-state index contributed by atoms with van der Waals surface area (Å²) in [7, 11) is 0. The minimum Gasteiger partial charge on any atom is -0.337 e. The van der Waals surface area contributed by atoms with E-state index in [0.29, 0.717) is 19.3 Å². The van der Waals surface area contributed by atoms with Gasteiger partial charge in [0.2, 0.25) is 17.7 Å². The minimum absolute atomic E-state index is 0.00635. The van der Waals surface area contributed by atoms with Gasteiger partial charge < -0.3 is 4.90 Å². The van der Waals surface area contributed by atoms with Gasteiger partial charge in [-0.25, -0.2) is 0 Å². The van der Waals surface area contributed by atoms with Gasteiger partial charge in [0.05, 0.1) is 0 Å². The van der Waals surface area contributed by atoms with E-state index in [-0.39, 0.29) is 35.8 Å². The Bertz CT molecular complexity index is 718. The van der Waals surface area contributed by atoms with Gasteiger partial charge in [0.25, 0.3) is 0 Å². The quantitative estimate of drug-likeness (QED) is 0.577. The molecule has 0 aromatic heterocycles. The van der Waals surface area contributed by atoms with E-state index in [2.05, 4.69) is 35.4 Å². The molecular weight excluding hydrogens is 360 g/mol. The van der Waals surface area contributed by atoms with E-state index >= 15 is 0 Å². The predicted octanol–water partition coefficient (Wildman–Crippen LogP) is 3.01. The molecule has 27 heavy (non-hydrogen) atoms. The first-order chi connectivity index (χ1) is 13.1. The number of carbonyl (C=O) groups excluding carboxylic acids is 3. The third kappa shape index (κ3) is 3.64. The number of likely N-dealkylation sites (tertiary alicyclic amines) is 1.